The molecule has 0 aromatic heterocycles. The van der Waals surface area contributed by atoms with Crippen molar-refractivity contribution < 1.29 is 13.6 Å². The normalized spacial score (nSPS) is 17.3. The molecular formula is C13H14BrF2NO. The van der Waals surface area contributed by atoms with E-state index in [4.69, 9.17) is 5.73 Å². The zero-order valence-electron chi connectivity index (χ0n) is 9.81. The molecule has 5 heteroatoms. The van der Waals surface area contributed by atoms with Crippen LogP contribution >= 0.6 is 15.9 Å². The van der Waals surface area contributed by atoms with Gasteiger partial charge in [-0.25, -0.2) is 8.78 Å². The van der Waals surface area contributed by atoms with Gasteiger partial charge in [0.2, 0.25) is 0 Å². The van der Waals surface area contributed by atoms with Crippen LogP contribution in [0.15, 0.2) is 16.6 Å². The molecule has 0 saturated heterocycles. The predicted molar refractivity (Wildman–Crippen MR) is 68.3 cm³/mol. The van der Waals surface area contributed by atoms with Crippen molar-refractivity contribution in [2.45, 2.75) is 25.7 Å². The number of carbonyl (C=O) groups is 1. The molecule has 2 nitrogen and oxygen atoms in total. The summed E-state index contributed by atoms with van der Waals surface area (Å²) in [6.45, 7) is 0.385. The summed E-state index contributed by atoms with van der Waals surface area (Å²) < 4.78 is 27.4. The number of carbonyl (C=O) groups excluding carboxylic acids is 1. The lowest BCUT2D eigenvalue weighted by Crippen LogP contribution is -2.39. The molecule has 98 valence electrons. The minimum atomic E-state index is -0.827. The van der Waals surface area contributed by atoms with Gasteiger partial charge in [-0.1, -0.05) is 6.42 Å². The van der Waals surface area contributed by atoms with Gasteiger partial charge in [0.25, 0.3) is 0 Å². The van der Waals surface area contributed by atoms with Crippen LogP contribution in [-0.4, -0.2) is 12.3 Å². The Labute approximate surface area is 113 Å². The number of ketones is 1. The molecule has 0 unspecified atom stereocenters. The van der Waals surface area contributed by atoms with Crippen molar-refractivity contribution in [1.82, 2.24) is 0 Å². The Morgan fingerprint density at radius 1 is 1.39 bits per heavy atom. The molecule has 0 spiro atoms. The summed E-state index contributed by atoms with van der Waals surface area (Å²) in [5, 5.41) is 0. The lowest BCUT2D eigenvalue weighted by molar-refractivity contribution is 0.0778. The predicted octanol–water partition coefficient (Wildman–Crippen LogP) is 3.43. The first-order chi connectivity index (χ1) is 8.49. The van der Waals surface area contributed by atoms with Gasteiger partial charge in [0.05, 0.1) is 10.0 Å². The first-order valence-corrected chi connectivity index (χ1v) is 6.65. The number of benzene rings is 1. The minimum absolute atomic E-state index is 0.0997. The van der Waals surface area contributed by atoms with Gasteiger partial charge in [-0.3, -0.25) is 4.79 Å². The van der Waals surface area contributed by atoms with E-state index in [1.807, 2.05) is 0 Å². The van der Waals surface area contributed by atoms with Crippen molar-refractivity contribution in [2.75, 3.05) is 6.54 Å². The van der Waals surface area contributed by atoms with Gasteiger partial charge in [-0.2, -0.15) is 0 Å². The highest BCUT2D eigenvalue weighted by molar-refractivity contribution is 9.10. The van der Waals surface area contributed by atoms with Gasteiger partial charge in [0.1, 0.15) is 5.82 Å². The number of rotatable bonds is 4. The number of Topliss-reactive ketones (excluding diaryl/α,β-unsaturated/α-hetero) is 1. The SMILES string of the molecule is NCC1(CC(=O)c2c(F)ccc(Br)c2F)CCC1. The fraction of sp³-hybridized carbons (Fsp3) is 0.462. The molecule has 18 heavy (non-hydrogen) atoms. The molecular weight excluding hydrogens is 304 g/mol. The van der Waals surface area contributed by atoms with Crippen LogP contribution in [0.2, 0.25) is 0 Å². The highest BCUT2D eigenvalue weighted by Gasteiger charge is 2.38. The molecule has 0 amide bonds. The molecule has 1 aliphatic carbocycles. The van der Waals surface area contributed by atoms with Gasteiger partial charge in [-0.15, -0.1) is 0 Å². The van der Waals surface area contributed by atoms with Gasteiger partial charge < -0.3 is 5.73 Å². The standard InChI is InChI=1S/C13H14BrF2NO/c14-8-2-3-9(15)11(12(8)16)10(18)6-13(7-17)4-1-5-13/h2-3H,1,4-7,17H2. The third-order valence-electron chi connectivity index (χ3n) is 3.71. The van der Waals surface area contributed by atoms with E-state index >= 15 is 0 Å². The van der Waals surface area contributed by atoms with Crippen LogP contribution in [0.4, 0.5) is 8.78 Å². The Balaban J connectivity index is 2.26. The number of nitrogens with two attached hydrogens (primary N) is 1. The maximum absolute atomic E-state index is 13.8. The second kappa shape index (κ2) is 5.05. The molecule has 0 bridgehead atoms. The summed E-state index contributed by atoms with van der Waals surface area (Å²) in [5.74, 6) is -2.14. The number of halogens is 3. The summed E-state index contributed by atoms with van der Waals surface area (Å²) in [6, 6.07) is 2.35. The molecule has 1 aliphatic rings. The lowest BCUT2D eigenvalue weighted by atomic mass is 9.65. The summed E-state index contributed by atoms with van der Waals surface area (Å²) >= 11 is 2.96. The number of hydrogen-bond donors (Lipinski definition) is 1. The Morgan fingerprint density at radius 3 is 2.56 bits per heavy atom. The average molecular weight is 318 g/mol. The highest BCUT2D eigenvalue weighted by Crippen LogP contribution is 2.44. The molecule has 1 aromatic carbocycles. The van der Waals surface area contributed by atoms with E-state index in [1.165, 1.54) is 6.07 Å². The van der Waals surface area contributed by atoms with Crippen LogP contribution in [0.3, 0.4) is 0 Å². The van der Waals surface area contributed by atoms with E-state index in [9.17, 15) is 13.6 Å². The molecule has 0 radical (unpaired) electrons. The van der Waals surface area contributed by atoms with Crippen LogP contribution in [-0.2, 0) is 0 Å². The Hall–Kier alpha value is -0.810. The topological polar surface area (TPSA) is 43.1 Å². The summed E-state index contributed by atoms with van der Waals surface area (Å²) in [5.41, 5.74) is 4.95. The van der Waals surface area contributed by atoms with E-state index in [0.717, 1.165) is 25.3 Å². The smallest absolute Gasteiger partial charge is 0.169 e. The molecule has 0 heterocycles. The second-order valence-electron chi connectivity index (χ2n) is 4.88. The van der Waals surface area contributed by atoms with Gasteiger partial charge in [0.15, 0.2) is 11.6 Å². The summed E-state index contributed by atoms with van der Waals surface area (Å²) in [4.78, 5) is 12.0. The van der Waals surface area contributed by atoms with Crippen LogP contribution in [0.25, 0.3) is 0 Å². The van der Waals surface area contributed by atoms with Crippen molar-refractivity contribution >= 4 is 21.7 Å². The van der Waals surface area contributed by atoms with Gasteiger partial charge >= 0.3 is 0 Å². The number of hydrogen-bond acceptors (Lipinski definition) is 2. The fourth-order valence-electron chi connectivity index (χ4n) is 2.34. The van der Waals surface area contributed by atoms with Crippen LogP contribution < -0.4 is 5.73 Å². The third-order valence-corrected chi connectivity index (χ3v) is 4.32. The first-order valence-electron chi connectivity index (χ1n) is 5.86. The van der Waals surface area contributed by atoms with E-state index in [1.54, 1.807) is 0 Å². The minimum Gasteiger partial charge on any atom is -0.330 e. The highest BCUT2D eigenvalue weighted by atomic mass is 79.9. The van der Waals surface area contributed by atoms with Crippen molar-refractivity contribution in [3.63, 3.8) is 0 Å². The quantitative estimate of drug-likeness (QED) is 0.683. The summed E-state index contributed by atoms with van der Waals surface area (Å²) in [7, 11) is 0. The maximum atomic E-state index is 13.8. The largest absolute Gasteiger partial charge is 0.330 e. The Kier molecular flexibility index (Phi) is 3.82. The lowest BCUT2D eigenvalue weighted by Gasteiger charge is -2.40. The molecule has 1 saturated carbocycles. The van der Waals surface area contributed by atoms with Gasteiger partial charge in [0, 0.05) is 6.42 Å². The molecule has 2 rings (SSSR count). The maximum Gasteiger partial charge on any atom is 0.169 e. The average Bonchev–Trinajstić information content (AvgIpc) is 2.29. The molecule has 1 fully saturated rings. The van der Waals surface area contributed by atoms with Crippen molar-refractivity contribution in [3.05, 3.63) is 33.8 Å². The fourth-order valence-corrected chi connectivity index (χ4v) is 2.67. The molecule has 2 N–H and O–H groups in total. The zero-order valence-corrected chi connectivity index (χ0v) is 11.4. The van der Waals surface area contributed by atoms with Crippen molar-refractivity contribution in [1.29, 1.82) is 0 Å². The Morgan fingerprint density at radius 2 is 2.06 bits per heavy atom. The molecule has 0 atom stereocenters. The van der Waals surface area contributed by atoms with E-state index in [2.05, 4.69) is 15.9 Å². The Bertz CT molecular complexity index is 481. The van der Waals surface area contributed by atoms with Crippen LogP contribution in [0.5, 0.6) is 0 Å². The van der Waals surface area contributed by atoms with Crippen molar-refractivity contribution in [3.8, 4) is 0 Å². The second-order valence-corrected chi connectivity index (χ2v) is 5.73. The van der Waals surface area contributed by atoms with Crippen molar-refractivity contribution in [2.24, 2.45) is 11.1 Å². The third kappa shape index (κ3) is 2.34. The first kappa shape index (κ1) is 13.6. The van der Waals surface area contributed by atoms with Crippen LogP contribution in [0, 0.1) is 17.0 Å². The summed E-state index contributed by atoms with van der Waals surface area (Å²) in [6.07, 6.45) is 2.85. The van der Waals surface area contributed by atoms with E-state index < -0.39 is 23.0 Å². The molecule has 1 aromatic rings. The monoisotopic (exact) mass is 317 g/mol. The van der Waals surface area contributed by atoms with E-state index in [-0.39, 0.29) is 16.3 Å². The van der Waals surface area contributed by atoms with Crippen LogP contribution in [0.1, 0.15) is 36.0 Å². The molecule has 0 aliphatic heterocycles. The zero-order chi connectivity index (χ0) is 13.3. The van der Waals surface area contributed by atoms with E-state index in [0.29, 0.717) is 6.54 Å². The van der Waals surface area contributed by atoms with Gasteiger partial charge in [-0.05, 0) is 52.9 Å².